The van der Waals surface area contributed by atoms with Crippen molar-refractivity contribution in [1.29, 1.82) is 0 Å². The zero-order valence-corrected chi connectivity index (χ0v) is 23.2. The van der Waals surface area contributed by atoms with Crippen LogP contribution in [0.15, 0.2) is 0 Å². The summed E-state index contributed by atoms with van der Waals surface area (Å²) in [6.07, 6.45) is 21.2. The van der Waals surface area contributed by atoms with Gasteiger partial charge in [-0.05, 0) is 37.1 Å². The van der Waals surface area contributed by atoms with Crippen LogP contribution in [0.25, 0.3) is 0 Å². The summed E-state index contributed by atoms with van der Waals surface area (Å²) in [4.78, 5) is 32.8. The lowest BCUT2D eigenvalue weighted by Gasteiger charge is -2.29. The molecule has 0 aromatic carbocycles. The molecule has 0 heterocycles. The largest absolute Gasteiger partial charge is 0.457 e. The summed E-state index contributed by atoms with van der Waals surface area (Å²) in [6.45, 7) is 12.3. The van der Waals surface area contributed by atoms with E-state index in [4.69, 9.17) is 9.62 Å². The summed E-state index contributed by atoms with van der Waals surface area (Å²) in [5.41, 5.74) is -0.640. The van der Waals surface area contributed by atoms with Crippen molar-refractivity contribution in [2.24, 2.45) is 5.41 Å². The molecule has 0 saturated heterocycles. The Morgan fingerprint density at radius 2 is 1.00 bits per heavy atom. The Morgan fingerprint density at radius 3 is 1.41 bits per heavy atom. The highest BCUT2D eigenvalue weighted by atomic mass is 17.5. The highest BCUT2D eigenvalue weighted by Crippen LogP contribution is 2.29. The van der Waals surface area contributed by atoms with E-state index >= 15 is 0 Å². The van der Waals surface area contributed by atoms with Gasteiger partial charge in [-0.25, -0.2) is 9.59 Å². The first kappa shape index (κ1) is 32.9. The molecule has 0 bridgehead atoms. The van der Waals surface area contributed by atoms with Crippen LogP contribution in [0.1, 0.15) is 151 Å². The van der Waals surface area contributed by atoms with Crippen molar-refractivity contribution < 1.29 is 29.1 Å². The SMILES string of the molecule is CCCCCCCCCCCCCCCCCCOC(=O)C(=O)OOOC(C)(C)CC(C)(C)C. The van der Waals surface area contributed by atoms with Gasteiger partial charge < -0.3 is 4.74 Å². The molecule has 0 aliphatic rings. The predicted molar refractivity (Wildman–Crippen MR) is 137 cm³/mol. The maximum Gasteiger partial charge on any atom is 0.453 e. The normalized spacial score (nSPS) is 12.1. The van der Waals surface area contributed by atoms with Gasteiger partial charge in [-0.3, -0.25) is 4.89 Å². The van der Waals surface area contributed by atoms with Gasteiger partial charge in [-0.1, -0.05) is 124 Å². The number of carbonyl (C=O) groups excluding carboxylic acids is 2. The first-order valence-electron chi connectivity index (χ1n) is 13.8. The van der Waals surface area contributed by atoms with Crippen LogP contribution >= 0.6 is 0 Å². The second-order valence-corrected chi connectivity index (χ2v) is 11.5. The Morgan fingerprint density at radius 1 is 0.588 bits per heavy atom. The van der Waals surface area contributed by atoms with Gasteiger partial charge >= 0.3 is 11.9 Å². The summed E-state index contributed by atoms with van der Waals surface area (Å²) in [5, 5.41) is 4.51. The zero-order chi connectivity index (χ0) is 25.7. The average Bonchev–Trinajstić information content (AvgIpc) is 2.73. The monoisotopic (exact) mass is 486 g/mol. The van der Waals surface area contributed by atoms with Crippen molar-refractivity contribution in [3.8, 4) is 0 Å². The minimum Gasteiger partial charge on any atom is -0.457 e. The number of hydrogen-bond acceptors (Lipinski definition) is 6. The molecule has 0 amide bonds. The molecule has 0 N–H and O–H groups in total. The lowest BCUT2D eigenvalue weighted by Crippen LogP contribution is -2.31. The van der Waals surface area contributed by atoms with Crippen LogP contribution in [-0.4, -0.2) is 24.1 Å². The Bertz CT molecular complexity index is 510. The number of carbonyl (C=O) groups is 2. The fraction of sp³-hybridized carbons (Fsp3) is 0.929. The molecule has 0 spiro atoms. The molecule has 0 aromatic heterocycles. The smallest absolute Gasteiger partial charge is 0.453 e. The summed E-state index contributed by atoms with van der Waals surface area (Å²) >= 11 is 0. The number of unbranched alkanes of at least 4 members (excludes halogenated alkanes) is 15. The molecule has 0 aromatic rings. The fourth-order valence-electron chi connectivity index (χ4n) is 4.35. The van der Waals surface area contributed by atoms with Gasteiger partial charge in [0.15, 0.2) is 0 Å². The number of esters is 1. The van der Waals surface area contributed by atoms with Crippen molar-refractivity contribution in [1.82, 2.24) is 0 Å². The Kier molecular flexibility index (Phi) is 19.4. The first-order chi connectivity index (χ1) is 16.1. The molecule has 0 aliphatic carbocycles. The predicted octanol–water partition coefficient (Wildman–Crippen LogP) is 8.41. The quantitative estimate of drug-likeness (QED) is 0.0533. The maximum atomic E-state index is 11.7. The van der Waals surface area contributed by atoms with E-state index in [1.54, 1.807) is 0 Å². The van der Waals surface area contributed by atoms with Gasteiger partial charge in [0.2, 0.25) is 0 Å². The summed E-state index contributed by atoms with van der Waals surface area (Å²) in [6, 6.07) is 0. The topological polar surface area (TPSA) is 71.1 Å². The van der Waals surface area contributed by atoms with E-state index < -0.39 is 17.5 Å². The van der Waals surface area contributed by atoms with Gasteiger partial charge in [-0.2, -0.15) is 4.89 Å². The van der Waals surface area contributed by atoms with E-state index in [1.807, 2.05) is 13.8 Å². The number of hydrogen-bond donors (Lipinski definition) is 0. The minimum absolute atomic E-state index is 0.0166. The molecule has 0 saturated carbocycles. The van der Waals surface area contributed by atoms with Crippen LogP contribution in [0.2, 0.25) is 0 Å². The van der Waals surface area contributed by atoms with Crippen molar-refractivity contribution in [2.75, 3.05) is 6.61 Å². The van der Waals surface area contributed by atoms with Crippen LogP contribution in [0.3, 0.4) is 0 Å². The Hall–Kier alpha value is -1.14. The van der Waals surface area contributed by atoms with Crippen LogP contribution < -0.4 is 0 Å². The lowest BCUT2D eigenvalue weighted by molar-refractivity contribution is -0.517. The standard InChI is InChI=1S/C28H54O6/c1-7-8-9-10-11-12-13-14-15-16-17-18-19-20-21-22-23-31-25(29)26(30)32-34-33-28(5,6)24-27(2,3)4/h7-24H2,1-6H3. The molecule has 0 rings (SSSR count). The summed E-state index contributed by atoms with van der Waals surface area (Å²) in [7, 11) is 0. The number of rotatable bonds is 21. The molecular formula is C28H54O6. The minimum atomic E-state index is -1.21. The molecule has 0 unspecified atom stereocenters. The molecule has 0 aliphatic heterocycles. The molecule has 34 heavy (non-hydrogen) atoms. The average molecular weight is 487 g/mol. The third-order valence-corrected chi connectivity index (χ3v) is 5.72. The van der Waals surface area contributed by atoms with E-state index in [0.717, 1.165) is 19.3 Å². The highest BCUT2D eigenvalue weighted by molar-refractivity contribution is 6.29. The summed E-state index contributed by atoms with van der Waals surface area (Å²) < 4.78 is 4.94. The molecule has 0 fully saturated rings. The second-order valence-electron chi connectivity index (χ2n) is 11.5. The van der Waals surface area contributed by atoms with Gasteiger partial charge in [0.1, 0.15) is 5.60 Å². The highest BCUT2D eigenvalue weighted by Gasteiger charge is 2.29. The maximum absolute atomic E-state index is 11.7. The van der Waals surface area contributed by atoms with Crippen LogP contribution in [0, 0.1) is 5.41 Å². The molecule has 202 valence electrons. The number of ether oxygens (including phenoxy) is 1. The van der Waals surface area contributed by atoms with Crippen LogP contribution in [-0.2, 0) is 29.1 Å². The van der Waals surface area contributed by atoms with E-state index in [2.05, 4.69) is 37.6 Å². The third kappa shape index (κ3) is 22.6. The first-order valence-corrected chi connectivity index (χ1v) is 13.8. The fourth-order valence-corrected chi connectivity index (χ4v) is 4.35. The zero-order valence-electron chi connectivity index (χ0n) is 23.2. The van der Waals surface area contributed by atoms with Gasteiger partial charge in [-0.15, -0.1) is 0 Å². The molecule has 0 radical (unpaired) electrons. The van der Waals surface area contributed by atoms with Gasteiger partial charge in [0, 0.05) is 0 Å². The van der Waals surface area contributed by atoms with Gasteiger partial charge in [0.05, 0.1) is 6.61 Å². The Labute approximate surface area is 209 Å². The molecular weight excluding hydrogens is 432 g/mol. The molecule has 6 nitrogen and oxygen atoms in total. The van der Waals surface area contributed by atoms with Crippen molar-refractivity contribution in [3.63, 3.8) is 0 Å². The van der Waals surface area contributed by atoms with E-state index in [9.17, 15) is 9.59 Å². The van der Waals surface area contributed by atoms with Crippen molar-refractivity contribution in [3.05, 3.63) is 0 Å². The van der Waals surface area contributed by atoms with Crippen LogP contribution in [0.4, 0.5) is 0 Å². The van der Waals surface area contributed by atoms with Gasteiger partial charge in [0.25, 0.3) is 0 Å². The summed E-state index contributed by atoms with van der Waals surface area (Å²) in [5.74, 6) is -2.26. The van der Waals surface area contributed by atoms with E-state index in [-0.39, 0.29) is 12.0 Å². The van der Waals surface area contributed by atoms with Crippen molar-refractivity contribution >= 4 is 11.9 Å². The second kappa shape index (κ2) is 20.1. The third-order valence-electron chi connectivity index (χ3n) is 5.72. The molecule has 0 atom stereocenters. The van der Waals surface area contributed by atoms with E-state index in [0.29, 0.717) is 6.42 Å². The Balaban J connectivity index is 3.48. The van der Waals surface area contributed by atoms with Crippen molar-refractivity contribution in [2.45, 2.75) is 156 Å². The molecule has 6 heteroatoms. The van der Waals surface area contributed by atoms with Crippen LogP contribution in [0.5, 0.6) is 0 Å². The van der Waals surface area contributed by atoms with E-state index in [1.165, 1.54) is 83.5 Å². The lowest BCUT2D eigenvalue weighted by atomic mass is 9.84.